The predicted octanol–water partition coefficient (Wildman–Crippen LogP) is 2.93. The third-order valence-corrected chi connectivity index (χ3v) is 8.73. The molecule has 9 nitrogen and oxygen atoms in total. The number of amides is 4. The molecule has 3 unspecified atom stereocenters. The molecule has 0 radical (unpaired) electrons. The Morgan fingerprint density at radius 3 is 2.59 bits per heavy atom. The molecule has 2 aliphatic heterocycles. The second-order valence-corrected chi connectivity index (χ2v) is 10.7. The first-order chi connectivity index (χ1) is 16.1. The van der Waals surface area contributed by atoms with E-state index >= 15 is 0 Å². The summed E-state index contributed by atoms with van der Waals surface area (Å²) in [6, 6.07) is 4.57. The lowest BCUT2D eigenvalue weighted by molar-refractivity contribution is -0.134. The van der Waals surface area contributed by atoms with Gasteiger partial charge in [0.25, 0.3) is 11.8 Å². The fourth-order valence-electron chi connectivity index (χ4n) is 5.92. The summed E-state index contributed by atoms with van der Waals surface area (Å²) in [5, 5.41) is 7.17. The predicted molar refractivity (Wildman–Crippen MR) is 124 cm³/mol. The third-order valence-electron chi connectivity index (χ3n) is 8.73. The van der Waals surface area contributed by atoms with E-state index in [4.69, 9.17) is 9.47 Å². The van der Waals surface area contributed by atoms with Crippen molar-refractivity contribution in [3.63, 3.8) is 0 Å². The van der Waals surface area contributed by atoms with Gasteiger partial charge in [0, 0.05) is 17.5 Å². The molecule has 4 amide bonds. The number of hydrogen-bond acceptors (Lipinski definition) is 6. The van der Waals surface area contributed by atoms with E-state index < -0.39 is 29.9 Å². The molecule has 1 saturated heterocycles. The van der Waals surface area contributed by atoms with Crippen LogP contribution in [0, 0.1) is 16.7 Å². The van der Waals surface area contributed by atoms with Gasteiger partial charge in [-0.1, -0.05) is 26.8 Å². The van der Waals surface area contributed by atoms with Gasteiger partial charge in [-0.25, -0.2) is 10.2 Å². The number of imide groups is 1. The number of benzene rings is 1. The number of urea groups is 1. The number of nitrogens with zero attached hydrogens (tertiary/aromatic N) is 2. The first kappa shape index (κ1) is 22.7. The molecule has 2 bridgehead atoms. The second kappa shape index (κ2) is 7.71. The van der Waals surface area contributed by atoms with Crippen molar-refractivity contribution in [1.29, 1.82) is 0 Å². The average Bonchev–Trinajstić information content (AvgIpc) is 3.12. The molecule has 3 atom stereocenters. The van der Waals surface area contributed by atoms with Crippen LogP contribution in [-0.4, -0.2) is 48.2 Å². The highest BCUT2D eigenvalue weighted by Crippen LogP contribution is 2.63. The van der Waals surface area contributed by atoms with Crippen molar-refractivity contribution in [1.82, 2.24) is 15.6 Å². The zero-order valence-electron chi connectivity index (χ0n) is 20.2. The topological polar surface area (TPSA) is 109 Å². The number of hydrogen-bond donors (Lipinski definition) is 2. The van der Waals surface area contributed by atoms with Gasteiger partial charge in [0.05, 0.1) is 13.2 Å². The molecule has 9 heteroatoms. The van der Waals surface area contributed by atoms with E-state index in [9.17, 15) is 14.4 Å². The zero-order valence-corrected chi connectivity index (χ0v) is 20.2. The summed E-state index contributed by atoms with van der Waals surface area (Å²) in [6.07, 6.45) is 3.87. The summed E-state index contributed by atoms with van der Waals surface area (Å²) >= 11 is 0. The molecule has 2 heterocycles. The maximum atomic E-state index is 13.3. The standard InChI is InChI=1S/C25H32N4O5/c1-23(2)15-8-9-24(23,3)19(13-15)27-28-20(30)14-29-21(31)25(4,26-22(29)32)16-6-7-17-18(12-16)34-11-5-10-33-17/h6-7,12,15H,5,8-11,13-14H2,1-4H3,(H,26,32)(H,28,30)/b27-19+. The monoisotopic (exact) mass is 468 g/mol. The summed E-state index contributed by atoms with van der Waals surface area (Å²) in [4.78, 5) is 39.5. The summed E-state index contributed by atoms with van der Waals surface area (Å²) in [5.74, 6) is 0.711. The average molecular weight is 469 g/mol. The van der Waals surface area contributed by atoms with Crippen LogP contribution >= 0.6 is 0 Å². The van der Waals surface area contributed by atoms with Gasteiger partial charge >= 0.3 is 6.03 Å². The Balaban J connectivity index is 1.29. The van der Waals surface area contributed by atoms with Gasteiger partial charge < -0.3 is 14.8 Å². The minimum Gasteiger partial charge on any atom is -0.490 e. The maximum Gasteiger partial charge on any atom is 0.325 e. The van der Waals surface area contributed by atoms with Crippen molar-refractivity contribution in [3.8, 4) is 11.5 Å². The quantitative estimate of drug-likeness (QED) is 0.522. The van der Waals surface area contributed by atoms with Gasteiger partial charge in [0.15, 0.2) is 11.5 Å². The van der Waals surface area contributed by atoms with Crippen molar-refractivity contribution >= 4 is 23.6 Å². The molecule has 182 valence electrons. The lowest BCUT2D eigenvalue weighted by Crippen LogP contribution is -2.43. The van der Waals surface area contributed by atoms with Crippen LogP contribution < -0.4 is 20.2 Å². The summed E-state index contributed by atoms with van der Waals surface area (Å²) in [5.41, 5.74) is 2.95. The molecule has 5 rings (SSSR count). The van der Waals surface area contributed by atoms with E-state index in [0.717, 1.165) is 29.9 Å². The highest BCUT2D eigenvalue weighted by atomic mass is 16.5. The summed E-state index contributed by atoms with van der Waals surface area (Å²) in [6.45, 7) is 9.05. The zero-order chi connectivity index (χ0) is 24.3. The molecular weight excluding hydrogens is 436 g/mol. The Morgan fingerprint density at radius 1 is 1.18 bits per heavy atom. The Morgan fingerprint density at radius 2 is 1.91 bits per heavy atom. The lowest BCUT2D eigenvalue weighted by Gasteiger charge is -2.34. The normalized spacial score (nSPS) is 32.6. The Kier molecular flexibility index (Phi) is 5.15. The molecule has 2 aliphatic carbocycles. The van der Waals surface area contributed by atoms with Crippen molar-refractivity contribution < 1.29 is 23.9 Å². The molecule has 0 spiro atoms. The summed E-state index contributed by atoms with van der Waals surface area (Å²) in [7, 11) is 0. The second-order valence-electron chi connectivity index (χ2n) is 10.7. The smallest absolute Gasteiger partial charge is 0.325 e. The van der Waals surface area contributed by atoms with Crippen molar-refractivity contribution in [3.05, 3.63) is 23.8 Å². The van der Waals surface area contributed by atoms with Crippen molar-refractivity contribution in [2.75, 3.05) is 19.8 Å². The van der Waals surface area contributed by atoms with E-state index in [0.29, 0.717) is 36.2 Å². The van der Waals surface area contributed by atoms with Gasteiger partial charge in [0.2, 0.25) is 0 Å². The minimum atomic E-state index is -1.31. The minimum absolute atomic E-state index is 0.0402. The fraction of sp³-hybridized carbons (Fsp3) is 0.600. The Hall–Kier alpha value is -3.10. The number of nitrogens with one attached hydrogen (secondary N) is 2. The van der Waals surface area contributed by atoms with Crippen LogP contribution in [0.5, 0.6) is 11.5 Å². The van der Waals surface area contributed by atoms with Crippen LogP contribution in [0.15, 0.2) is 23.3 Å². The SMILES string of the molecule is CC1(c2ccc3c(c2)OCCCO3)NC(=O)N(CC(=O)N/N=C2\CC3CCC2(C)C3(C)C)C1=O. The van der Waals surface area contributed by atoms with Crippen LogP contribution in [0.1, 0.15) is 58.9 Å². The number of fused-ring (bicyclic) bond motifs is 3. The number of ether oxygens (including phenoxy) is 2. The first-order valence-corrected chi connectivity index (χ1v) is 12.0. The molecule has 2 saturated carbocycles. The van der Waals surface area contributed by atoms with Gasteiger partial charge in [0.1, 0.15) is 12.1 Å². The third kappa shape index (κ3) is 3.27. The van der Waals surface area contributed by atoms with E-state index in [-0.39, 0.29) is 10.8 Å². The van der Waals surface area contributed by atoms with Crippen molar-refractivity contribution in [2.24, 2.45) is 21.8 Å². The molecule has 4 aliphatic rings. The van der Waals surface area contributed by atoms with Crippen LogP contribution in [0.2, 0.25) is 0 Å². The van der Waals surface area contributed by atoms with Gasteiger partial charge in [-0.3, -0.25) is 14.5 Å². The largest absolute Gasteiger partial charge is 0.490 e. The number of rotatable bonds is 4. The summed E-state index contributed by atoms with van der Waals surface area (Å²) < 4.78 is 11.4. The van der Waals surface area contributed by atoms with Gasteiger partial charge in [-0.2, -0.15) is 5.10 Å². The highest BCUT2D eigenvalue weighted by Gasteiger charge is 2.60. The first-order valence-electron chi connectivity index (χ1n) is 12.0. The molecule has 1 aromatic rings. The molecule has 2 N–H and O–H groups in total. The molecule has 0 aromatic heterocycles. The van der Waals surface area contributed by atoms with Crippen LogP contribution in [0.3, 0.4) is 0 Å². The fourth-order valence-corrected chi connectivity index (χ4v) is 5.92. The van der Waals surface area contributed by atoms with Gasteiger partial charge in [-0.05, 0) is 55.2 Å². The number of hydrazone groups is 1. The van der Waals surface area contributed by atoms with Crippen LogP contribution in [0.4, 0.5) is 4.79 Å². The van der Waals surface area contributed by atoms with E-state index in [1.165, 1.54) is 6.42 Å². The molecule has 3 fully saturated rings. The maximum absolute atomic E-state index is 13.3. The Bertz CT molecular complexity index is 1100. The molecule has 1 aromatic carbocycles. The van der Waals surface area contributed by atoms with E-state index in [1.54, 1.807) is 25.1 Å². The number of carbonyl (C=O) groups is 3. The van der Waals surface area contributed by atoms with Crippen LogP contribution in [0.25, 0.3) is 0 Å². The van der Waals surface area contributed by atoms with Crippen LogP contribution in [-0.2, 0) is 15.1 Å². The van der Waals surface area contributed by atoms with Crippen molar-refractivity contribution in [2.45, 2.75) is 58.9 Å². The molecular formula is C25H32N4O5. The lowest BCUT2D eigenvalue weighted by atomic mass is 9.70. The highest BCUT2D eigenvalue weighted by molar-refractivity contribution is 6.09. The molecule has 34 heavy (non-hydrogen) atoms. The van der Waals surface area contributed by atoms with E-state index in [1.807, 2.05) is 0 Å². The Labute approximate surface area is 199 Å². The number of carbonyl (C=O) groups excluding carboxylic acids is 3. The van der Waals surface area contributed by atoms with Gasteiger partial charge in [-0.15, -0.1) is 0 Å². The van der Waals surface area contributed by atoms with E-state index in [2.05, 4.69) is 36.6 Å².